The average molecular weight is 2590 g/mol. The van der Waals surface area contributed by atoms with Crippen molar-refractivity contribution in [2.45, 2.75) is 154 Å². The average Bonchev–Trinajstić information content (AvgIpc) is 0.743. The van der Waals surface area contributed by atoms with Gasteiger partial charge in [0.05, 0.1) is 40.9 Å². The molecule has 5 aliphatic rings. The van der Waals surface area contributed by atoms with Crippen molar-refractivity contribution in [3.05, 3.63) is 0 Å². The smallest absolute Gasteiger partial charge is 0.790 e. The summed E-state index contributed by atoms with van der Waals surface area (Å²) in [5.74, 6) is 0. The Labute approximate surface area is 1200 Å². The first-order chi connectivity index (χ1) is 55.0. The summed E-state index contributed by atoms with van der Waals surface area (Å²) < 4.78 is 719. The van der Waals surface area contributed by atoms with Crippen molar-refractivity contribution in [1.82, 2.24) is 0 Å². The molecule has 5 rings (SSSR count). The van der Waals surface area contributed by atoms with Gasteiger partial charge >= 0.3 is 532 Å². The fourth-order valence-corrected chi connectivity index (χ4v) is 17.7. The van der Waals surface area contributed by atoms with Gasteiger partial charge in [-0.2, -0.15) is 0 Å². The van der Waals surface area contributed by atoms with Gasteiger partial charge in [-0.05, 0) is 0 Å². The topological polar surface area (TPSA) is 1220 Å². The van der Waals surface area contributed by atoms with Gasteiger partial charge in [0, 0.05) is 0 Å². The molecule has 0 spiro atoms. The van der Waals surface area contributed by atoms with Gasteiger partial charge in [-0.3, -0.25) is 62.7 Å². The zero-order valence-electron chi connectivity index (χ0n) is 74.4. The van der Waals surface area contributed by atoms with Gasteiger partial charge in [0.1, 0.15) is 97.7 Å². The van der Waals surface area contributed by atoms with Crippen LogP contribution in [-0.2, 0) is 285 Å². The fourth-order valence-electron chi connectivity index (χ4n) is 10.4. The molecule has 5 heterocycles. The van der Waals surface area contributed by atoms with E-state index in [1.807, 2.05) is 0 Å². The van der Waals surface area contributed by atoms with Crippen LogP contribution in [0.3, 0.4) is 0 Å². The molecule has 0 amide bonds. The molecule has 0 bridgehead atoms. The van der Waals surface area contributed by atoms with Crippen molar-refractivity contribution in [2.24, 2.45) is 0 Å². The molecule has 0 N–H and O–H groups in total. The largest absolute Gasteiger partial charge is 1.00 e. The molecule has 5 saturated heterocycles. The summed E-state index contributed by atoms with van der Waals surface area (Å²) in [4.78, 5) is 23.4. The van der Waals surface area contributed by atoms with Crippen LogP contribution in [0.5, 0.6) is 0 Å². The number of rotatable bonds is 47. The maximum atomic E-state index is 13.1. The Morgan fingerprint density at radius 1 is 0.169 bits per heavy atom. The third-order valence-corrected chi connectivity index (χ3v) is 21.4. The van der Waals surface area contributed by atoms with Crippen molar-refractivity contribution in [1.29, 1.82) is 0 Å². The van der Waals surface area contributed by atoms with Crippen LogP contribution in [0.4, 0.5) is 0 Å². The van der Waals surface area contributed by atoms with Crippen molar-refractivity contribution in [3.63, 3.8) is 0 Å². The number of phosphoric acid groups is 1. The Kier molecular flexibility index (Phi) is 100. The van der Waals surface area contributed by atoms with Gasteiger partial charge in [-0.25, -0.2) is 139 Å². The van der Waals surface area contributed by atoms with E-state index in [1.54, 1.807) is 0 Å². The Morgan fingerprint density at radius 2 is 0.303 bits per heavy atom. The summed E-state index contributed by atoms with van der Waals surface area (Å²) in [7, 11) is -120. The van der Waals surface area contributed by atoms with Crippen LogP contribution < -0.4 is 542 Å². The quantitative estimate of drug-likeness (QED) is 0.0236. The predicted molar refractivity (Wildman–Crippen MR) is 310 cm³/mol. The Morgan fingerprint density at radius 3 is 0.472 bits per heavy atom. The minimum absolute atomic E-state index is 0. The van der Waals surface area contributed by atoms with Gasteiger partial charge in [0.2, 0.25) is 173 Å². The number of hydrogen-bond acceptors (Lipinski definition) is 77. The molecule has 0 aromatic heterocycles. The van der Waals surface area contributed by atoms with Gasteiger partial charge in [-0.1, -0.05) is 0 Å². The standard InChI is InChI=1S/C30H53O77PS16.18Na/c31-108(32,33)82-1-6-14(99-116(55,56)57)20(102-119(64,65)66)25(106-123(76,77)78)29(87-6)94-17-12(97-114(49,50)51)8(3-84-110(37,38)39)89-27(23(17)104-121(70,71)72)92-16-11(96-113(46,47)48)7(2-83-109(34,35)36)88-26(22(16)103-120(67,68)69)93-18-13(98-115(52,53)54)9(4-85-111(40,41)42)90-28(24(18)105-122(73,74)75)95-21-19(101-118(61,62)63)15(100-117(58,59)60)10(5-86-112(43,44)45)91-30(21)107-124(79,80)81;;;;;;;;;;;;;;;;;;/h6-30H,1-5H2,(H2,31,32,33)(H,34,35,36)(H,37,38,39)(H,40,41,42)(H,43,44,45)(H,46,47,48)(H,49,50,51)(H,52,53,54)(H,55,56,57)(H,58,59,60)(H,61,62,63)(H,64,65,66)(H,67,68,69)(H,70,71,72)(H,73,74,75)(H,76,77,78)(H,79,80,81);;;;;;;;;;;;;;;;;;/q;18*+1/p-18/t6-,7-,8-,9-,10-,11-,12-,13-,14-,15-,16+,17+,18+,19+,20+,21+,22+,23+,24+,25+,26-,27-,28-,29-,30?;;;;;;;;;;;;;;;;;;/m1................../s1. The molecule has 0 aromatic rings. The SMILES string of the molecule is O=P([O-])([O-])OC[C@H]1O[C@H](O[C@@H]2[C@H](OS(=O)(=O)[O-])[C@@H](O[C@@H]3[C@H](OS(=O)(=O)[O-])[C@@H](O[C@@H]4[C@H](OS(=O)(=O)[O-])[C@@H](O[C@@H]5C(OS(=O)(=O)[O-])O[C@H](COS(=O)(=O)[O-])[C@@H](OS(=O)(=O)[O-])[C@@H]5OS(=O)(=O)[O-])O[C@H](COS(=O)(=O)[O-])[C@H]4OS(=O)(=O)[O-])O[C@H](COS(=O)(=O)[O-])[C@H]3OS(=O)(=O)[O-])O[C@H](COS(=O)(=O)[O-])[C@H]2OS(=O)(=O)[O-])[C@@H](OS(=O)(=O)[O-])[C@@H](OS(=O)(=O)[O-])[C@@H]1OS(=O)(=O)[O-].[Na+].[Na+].[Na+].[Na+].[Na+].[Na+].[Na+].[Na+].[Na+].[Na+].[Na+].[Na+].[Na+].[Na+].[Na+].[Na+].[Na+].[Na+]. The molecule has 1 unspecified atom stereocenters. The summed E-state index contributed by atoms with van der Waals surface area (Å²) in [6.07, 6.45) is -105. The van der Waals surface area contributed by atoms with E-state index in [0.717, 1.165) is 0 Å². The number of hydrogen-bond donors (Lipinski definition) is 0. The van der Waals surface area contributed by atoms with Crippen LogP contribution in [0, 0.1) is 0 Å². The van der Waals surface area contributed by atoms with Gasteiger partial charge < -0.3 is 134 Å². The zero-order chi connectivity index (χ0) is 95.9. The molecular formula is C30H35Na18O77PS16. The maximum absolute atomic E-state index is 13.1. The van der Waals surface area contributed by atoms with Crippen molar-refractivity contribution in [2.75, 3.05) is 33.0 Å². The zero-order valence-corrected chi connectivity index (χ0v) is 124. The van der Waals surface area contributed by atoms with Crippen LogP contribution in [-0.4, -0.2) is 394 Å². The monoisotopic (exact) mass is 2580 g/mol. The van der Waals surface area contributed by atoms with E-state index in [4.69, 9.17) is 42.6 Å². The second-order valence-electron chi connectivity index (χ2n) is 22.3. The second kappa shape index (κ2) is 75.9. The summed E-state index contributed by atoms with van der Waals surface area (Å²) in [5.41, 5.74) is 0. The molecule has 736 valence electrons. The summed E-state index contributed by atoms with van der Waals surface area (Å²) in [6, 6.07) is 0. The van der Waals surface area contributed by atoms with E-state index in [-0.39, 0.29) is 532 Å². The van der Waals surface area contributed by atoms with E-state index >= 15 is 0 Å². The summed E-state index contributed by atoms with van der Waals surface area (Å²) in [5, 5.41) is 0. The molecule has 142 heavy (non-hydrogen) atoms. The maximum Gasteiger partial charge on any atom is 1.00 e. The molecule has 5 fully saturated rings. The third-order valence-electron chi connectivity index (χ3n) is 13.8. The van der Waals surface area contributed by atoms with E-state index in [1.165, 1.54) is 0 Å². The van der Waals surface area contributed by atoms with Crippen LogP contribution >= 0.6 is 7.82 Å². The molecule has 0 aromatic carbocycles. The first kappa shape index (κ1) is 187. The fraction of sp³-hybridized carbons (Fsp3) is 1.00. The van der Waals surface area contributed by atoms with E-state index in [0.29, 0.717) is 0 Å². The minimum atomic E-state index is -7.54. The van der Waals surface area contributed by atoms with Crippen molar-refractivity contribution < 1.29 is 868 Å². The molecule has 25 atom stereocenters. The van der Waals surface area contributed by atoms with E-state index in [2.05, 4.69) is 71.5 Å². The molecule has 77 nitrogen and oxygen atoms in total. The van der Waals surface area contributed by atoms with Gasteiger partial charge in [0.15, 0.2) is 49.6 Å². The van der Waals surface area contributed by atoms with Gasteiger partial charge in [-0.15, -0.1) is 0 Å². The van der Waals surface area contributed by atoms with Crippen LogP contribution in [0.25, 0.3) is 0 Å². The summed E-state index contributed by atoms with van der Waals surface area (Å²) >= 11 is 0. The Bertz CT molecular complexity index is 5850. The Balaban J connectivity index is -0.000000759. The number of ether oxygens (including phenoxy) is 9. The normalized spacial score (nSPS) is 28.6. The van der Waals surface area contributed by atoms with E-state index in [9.17, 15) is 222 Å². The van der Waals surface area contributed by atoms with Gasteiger partial charge in [0.25, 0.3) is 0 Å². The molecule has 0 saturated carbocycles. The molecule has 112 heteroatoms. The Hall–Kier alpha value is 15.7. The molecule has 5 aliphatic heterocycles. The van der Waals surface area contributed by atoms with E-state index < -0.39 is 361 Å². The van der Waals surface area contributed by atoms with Crippen molar-refractivity contribution >= 4 is 174 Å². The van der Waals surface area contributed by atoms with Crippen LogP contribution in [0.2, 0.25) is 0 Å². The first-order valence-electron chi connectivity index (χ1n) is 28.6. The molecule has 0 aliphatic carbocycles. The number of phosphoric ester groups is 1. The predicted octanol–water partition coefficient (Wildman–Crippen LogP) is -75.2. The molecule has 0 radical (unpaired) electrons. The minimum Gasteiger partial charge on any atom is -0.790 e. The molecular weight excluding hydrogens is 2550 g/mol. The summed E-state index contributed by atoms with van der Waals surface area (Å²) in [6.45, 7) is -13.4. The van der Waals surface area contributed by atoms with Crippen LogP contribution in [0.1, 0.15) is 0 Å². The van der Waals surface area contributed by atoms with Crippen molar-refractivity contribution in [3.8, 4) is 0 Å². The second-order valence-corrected chi connectivity index (χ2v) is 39.8. The van der Waals surface area contributed by atoms with Crippen LogP contribution in [0.15, 0.2) is 0 Å². The first-order valence-corrected chi connectivity index (χ1v) is 51.4. The third kappa shape index (κ3) is 75.8.